The van der Waals surface area contributed by atoms with Crippen molar-refractivity contribution in [2.75, 3.05) is 7.11 Å². The molecule has 0 amide bonds. The highest BCUT2D eigenvalue weighted by molar-refractivity contribution is 5.33. The van der Waals surface area contributed by atoms with Crippen molar-refractivity contribution in [2.45, 2.75) is 13.0 Å². The Kier molecular flexibility index (Phi) is 2.97. The monoisotopic (exact) mass is 218 g/mol. The van der Waals surface area contributed by atoms with E-state index in [4.69, 9.17) is 9.15 Å². The molecule has 1 heterocycles. The molecule has 3 heteroatoms. The van der Waals surface area contributed by atoms with E-state index in [1.807, 2.05) is 37.3 Å². The number of hydrogen-bond acceptors (Lipinski definition) is 3. The Bertz CT molecular complexity index is 456. The third kappa shape index (κ3) is 1.95. The zero-order valence-corrected chi connectivity index (χ0v) is 9.31. The molecule has 0 aliphatic heterocycles. The number of hydrogen-bond donors (Lipinski definition) is 1. The third-order valence-corrected chi connectivity index (χ3v) is 2.58. The number of furan rings is 1. The van der Waals surface area contributed by atoms with Crippen molar-refractivity contribution < 1.29 is 14.3 Å². The summed E-state index contributed by atoms with van der Waals surface area (Å²) in [7, 11) is 1.61. The quantitative estimate of drug-likeness (QED) is 0.861. The van der Waals surface area contributed by atoms with Gasteiger partial charge < -0.3 is 14.3 Å². The van der Waals surface area contributed by atoms with Gasteiger partial charge in [-0.05, 0) is 36.2 Å². The van der Waals surface area contributed by atoms with E-state index in [1.165, 1.54) is 0 Å². The molecule has 1 aromatic heterocycles. The Morgan fingerprint density at radius 2 is 1.88 bits per heavy atom. The fourth-order valence-corrected chi connectivity index (χ4v) is 1.60. The number of methoxy groups -OCH3 is 1. The molecule has 1 atom stereocenters. The van der Waals surface area contributed by atoms with Gasteiger partial charge in [0.1, 0.15) is 17.6 Å². The van der Waals surface area contributed by atoms with Gasteiger partial charge in [0.05, 0.1) is 13.4 Å². The lowest BCUT2D eigenvalue weighted by atomic mass is 10.1. The predicted octanol–water partition coefficient (Wildman–Crippen LogP) is 2.68. The summed E-state index contributed by atoms with van der Waals surface area (Å²) in [5, 5.41) is 10.1. The first-order valence-electron chi connectivity index (χ1n) is 5.08. The van der Waals surface area contributed by atoms with Gasteiger partial charge in [0.25, 0.3) is 0 Å². The minimum atomic E-state index is -0.721. The topological polar surface area (TPSA) is 42.6 Å². The molecule has 0 saturated heterocycles. The fourth-order valence-electron chi connectivity index (χ4n) is 1.60. The average Bonchev–Trinajstić information content (AvgIpc) is 2.75. The van der Waals surface area contributed by atoms with E-state index in [9.17, 15) is 5.11 Å². The maximum atomic E-state index is 10.1. The van der Waals surface area contributed by atoms with E-state index in [0.717, 1.165) is 16.9 Å². The zero-order valence-electron chi connectivity index (χ0n) is 9.31. The standard InChI is InChI=1S/C13H14O3/c1-9-7-8-16-13(9)12(14)10-3-5-11(15-2)6-4-10/h3-8,12,14H,1-2H3. The van der Waals surface area contributed by atoms with Crippen molar-refractivity contribution >= 4 is 0 Å². The van der Waals surface area contributed by atoms with Gasteiger partial charge in [0, 0.05) is 0 Å². The van der Waals surface area contributed by atoms with Gasteiger partial charge in [-0.15, -0.1) is 0 Å². The van der Waals surface area contributed by atoms with E-state index in [1.54, 1.807) is 13.4 Å². The molecule has 16 heavy (non-hydrogen) atoms. The van der Waals surface area contributed by atoms with E-state index < -0.39 is 6.10 Å². The number of benzene rings is 1. The first kappa shape index (κ1) is 10.8. The summed E-state index contributed by atoms with van der Waals surface area (Å²) in [6.45, 7) is 1.91. The molecule has 0 aliphatic carbocycles. The van der Waals surface area contributed by atoms with E-state index >= 15 is 0 Å². The van der Waals surface area contributed by atoms with Gasteiger partial charge in [-0.3, -0.25) is 0 Å². The summed E-state index contributed by atoms with van der Waals surface area (Å²) in [5.41, 5.74) is 1.74. The molecular formula is C13H14O3. The van der Waals surface area contributed by atoms with Gasteiger partial charge in [0.2, 0.25) is 0 Å². The summed E-state index contributed by atoms with van der Waals surface area (Å²) >= 11 is 0. The molecule has 0 aliphatic rings. The fraction of sp³-hybridized carbons (Fsp3) is 0.231. The number of ether oxygens (including phenoxy) is 1. The predicted molar refractivity (Wildman–Crippen MR) is 60.5 cm³/mol. The number of rotatable bonds is 3. The highest BCUT2D eigenvalue weighted by atomic mass is 16.5. The molecule has 0 saturated carbocycles. The van der Waals surface area contributed by atoms with Crippen LogP contribution in [0.1, 0.15) is 23.0 Å². The molecule has 84 valence electrons. The normalized spacial score (nSPS) is 12.4. The molecule has 3 nitrogen and oxygen atoms in total. The molecule has 1 aromatic carbocycles. The largest absolute Gasteiger partial charge is 0.497 e. The molecule has 0 bridgehead atoms. The number of aliphatic hydroxyl groups is 1. The van der Waals surface area contributed by atoms with Gasteiger partial charge in [-0.2, -0.15) is 0 Å². The van der Waals surface area contributed by atoms with Crippen LogP contribution in [0.2, 0.25) is 0 Å². The maximum absolute atomic E-state index is 10.1. The van der Waals surface area contributed by atoms with Crippen LogP contribution in [0.3, 0.4) is 0 Å². The van der Waals surface area contributed by atoms with Crippen molar-refractivity contribution in [3.05, 3.63) is 53.5 Å². The second kappa shape index (κ2) is 4.41. The van der Waals surface area contributed by atoms with Crippen LogP contribution in [0.5, 0.6) is 5.75 Å². The van der Waals surface area contributed by atoms with Crippen molar-refractivity contribution in [1.29, 1.82) is 0 Å². The summed E-state index contributed by atoms with van der Waals surface area (Å²) in [6.07, 6.45) is 0.859. The van der Waals surface area contributed by atoms with Gasteiger partial charge in [0.15, 0.2) is 0 Å². The number of aliphatic hydroxyl groups excluding tert-OH is 1. The highest BCUT2D eigenvalue weighted by Crippen LogP contribution is 2.26. The smallest absolute Gasteiger partial charge is 0.139 e. The van der Waals surface area contributed by atoms with Crippen LogP contribution in [0.4, 0.5) is 0 Å². The van der Waals surface area contributed by atoms with Crippen LogP contribution >= 0.6 is 0 Å². The minimum absolute atomic E-state index is 0.588. The minimum Gasteiger partial charge on any atom is -0.497 e. The number of aryl methyl sites for hydroxylation is 1. The SMILES string of the molecule is COc1ccc(C(O)c2occc2C)cc1. The summed E-state index contributed by atoms with van der Waals surface area (Å²) in [5.74, 6) is 1.36. The maximum Gasteiger partial charge on any atom is 0.139 e. The van der Waals surface area contributed by atoms with Crippen molar-refractivity contribution in [3.8, 4) is 5.75 Å². The lowest BCUT2D eigenvalue weighted by Crippen LogP contribution is -1.99. The molecule has 1 unspecified atom stereocenters. The van der Waals surface area contributed by atoms with E-state index in [-0.39, 0.29) is 0 Å². The van der Waals surface area contributed by atoms with Gasteiger partial charge >= 0.3 is 0 Å². The van der Waals surface area contributed by atoms with Crippen LogP contribution in [0, 0.1) is 6.92 Å². The molecule has 2 rings (SSSR count). The zero-order chi connectivity index (χ0) is 11.5. The summed E-state index contributed by atoms with van der Waals surface area (Å²) in [6, 6.07) is 9.12. The Hall–Kier alpha value is -1.74. The molecule has 2 aromatic rings. The Labute approximate surface area is 94.3 Å². The lowest BCUT2D eigenvalue weighted by molar-refractivity contribution is 0.188. The first-order chi connectivity index (χ1) is 7.72. The van der Waals surface area contributed by atoms with Crippen molar-refractivity contribution in [1.82, 2.24) is 0 Å². The Morgan fingerprint density at radius 1 is 1.19 bits per heavy atom. The summed E-state index contributed by atoms with van der Waals surface area (Å²) in [4.78, 5) is 0. The average molecular weight is 218 g/mol. The van der Waals surface area contributed by atoms with Gasteiger partial charge in [-0.1, -0.05) is 12.1 Å². The van der Waals surface area contributed by atoms with Crippen molar-refractivity contribution in [3.63, 3.8) is 0 Å². The van der Waals surface area contributed by atoms with Crippen LogP contribution < -0.4 is 4.74 Å². The van der Waals surface area contributed by atoms with Crippen molar-refractivity contribution in [2.24, 2.45) is 0 Å². The molecule has 0 fully saturated rings. The van der Waals surface area contributed by atoms with Crippen LogP contribution in [0.25, 0.3) is 0 Å². The molecular weight excluding hydrogens is 204 g/mol. The van der Waals surface area contributed by atoms with Crippen LogP contribution in [0.15, 0.2) is 41.0 Å². The Morgan fingerprint density at radius 3 is 2.38 bits per heavy atom. The van der Waals surface area contributed by atoms with Gasteiger partial charge in [-0.25, -0.2) is 0 Å². The van der Waals surface area contributed by atoms with Crippen LogP contribution in [-0.2, 0) is 0 Å². The second-order valence-electron chi connectivity index (χ2n) is 3.64. The lowest BCUT2D eigenvalue weighted by Gasteiger charge is -2.10. The van der Waals surface area contributed by atoms with Crippen LogP contribution in [-0.4, -0.2) is 12.2 Å². The second-order valence-corrected chi connectivity index (χ2v) is 3.64. The van der Waals surface area contributed by atoms with E-state index in [0.29, 0.717) is 5.76 Å². The molecule has 0 spiro atoms. The molecule has 1 N–H and O–H groups in total. The van der Waals surface area contributed by atoms with E-state index in [2.05, 4.69) is 0 Å². The Balaban J connectivity index is 2.27. The first-order valence-corrected chi connectivity index (χ1v) is 5.08. The third-order valence-electron chi connectivity index (χ3n) is 2.58. The molecule has 0 radical (unpaired) electrons. The summed E-state index contributed by atoms with van der Waals surface area (Å²) < 4.78 is 10.3. The highest BCUT2D eigenvalue weighted by Gasteiger charge is 2.15.